The number of unbranched alkanes of at least 4 members (excludes halogenated alkanes) is 4. The van der Waals surface area contributed by atoms with Crippen LogP contribution in [0.2, 0.25) is 4.47 Å². The van der Waals surface area contributed by atoms with Gasteiger partial charge in [0.05, 0.1) is 0 Å². The molecule has 1 aliphatic heterocycles. The summed E-state index contributed by atoms with van der Waals surface area (Å²) in [5, 5.41) is 0. The van der Waals surface area contributed by atoms with Crippen molar-refractivity contribution in [2.24, 2.45) is 11.8 Å². The van der Waals surface area contributed by atoms with Crippen molar-refractivity contribution in [2.75, 3.05) is 0 Å². The molecule has 0 bridgehead atoms. The van der Waals surface area contributed by atoms with Crippen LogP contribution in [0.5, 0.6) is 0 Å². The first-order valence-corrected chi connectivity index (χ1v) is 12.6. The third kappa shape index (κ3) is 6.33. The molecule has 132 valence electrons. The zero-order valence-corrected chi connectivity index (χ0v) is 18.0. The molecule has 0 aromatic rings. The van der Waals surface area contributed by atoms with E-state index in [2.05, 4.69) is 27.7 Å². The van der Waals surface area contributed by atoms with Crippen LogP contribution in [-0.2, 0) is 3.10 Å². The van der Waals surface area contributed by atoms with E-state index in [0.717, 1.165) is 11.8 Å². The standard InChI is InChI=1S/C20H40OTe/c1-5-9-11-13-18-17-22-21-20(15-7-3,16-8-4)19(18)14-12-10-6-2/h18-19H,5-17H2,1-4H3. The van der Waals surface area contributed by atoms with Gasteiger partial charge >= 0.3 is 151 Å². The van der Waals surface area contributed by atoms with Crippen molar-refractivity contribution < 1.29 is 3.10 Å². The monoisotopic (exact) mass is 426 g/mol. The molecule has 2 heteroatoms. The predicted octanol–water partition coefficient (Wildman–Crippen LogP) is 6.79. The molecule has 1 fully saturated rings. The third-order valence-electron chi connectivity index (χ3n) is 5.40. The first kappa shape index (κ1) is 20.8. The maximum atomic E-state index is 6.66. The summed E-state index contributed by atoms with van der Waals surface area (Å²) in [4.78, 5) is 0. The Bertz CT molecular complexity index is 255. The van der Waals surface area contributed by atoms with Crippen molar-refractivity contribution in [3.05, 3.63) is 0 Å². The number of hydrogen-bond donors (Lipinski definition) is 0. The Hall–Kier alpha value is 0.750. The van der Waals surface area contributed by atoms with E-state index in [9.17, 15) is 0 Å². The van der Waals surface area contributed by atoms with E-state index < -0.39 is 0 Å². The molecule has 0 aromatic heterocycles. The van der Waals surface area contributed by atoms with E-state index in [-0.39, 0.29) is 26.9 Å². The molecule has 1 saturated heterocycles. The first-order valence-electron chi connectivity index (χ1n) is 10.0. The van der Waals surface area contributed by atoms with Crippen LogP contribution in [0.15, 0.2) is 0 Å². The Morgan fingerprint density at radius 2 is 1.41 bits per heavy atom. The topological polar surface area (TPSA) is 9.23 Å². The van der Waals surface area contributed by atoms with Crippen molar-refractivity contribution in [3.8, 4) is 0 Å². The molecule has 1 rings (SSSR count). The second kappa shape index (κ2) is 12.2. The molecule has 0 N–H and O–H groups in total. The van der Waals surface area contributed by atoms with Crippen LogP contribution in [0.1, 0.15) is 105 Å². The molecule has 0 saturated carbocycles. The normalized spacial score (nSPS) is 24.5. The van der Waals surface area contributed by atoms with Gasteiger partial charge in [0.25, 0.3) is 0 Å². The van der Waals surface area contributed by atoms with E-state index >= 15 is 0 Å². The van der Waals surface area contributed by atoms with Crippen molar-refractivity contribution >= 4 is 21.3 Å². The van der Waals surface area contributed by atoms with E-state index in [4.69, 9.17) is 3.10 Å². The van der Waals surface area contributed by atoms with Gasteiger partial charge in [-0.05, 0) is 0 Å². The van der Waals surface area contributed by atoms with Gasteiger partial charge in [0, 0.05) is 0 Å². The molecular formula is C20H40OTe. The van der Waals surface area contributed by atoms with Crippen LogP contribution in [0.4, 0.5) is 0 Å². The summed E-state index contributed by atoms with van der Waals surface area (Å²) in [5.41, 5.74) is 0.272. The first-order chi connectivity index (χ1) is 10.7. The molecule has 0 amide bonds. The summed E-state index contributed by atoms with van der Waals surface area (Å²) in [6, 6.07) is 0. The van der Waals surface area contributed by atoms with E-state index in [0.29, 0.717) is 0 Å². The average Bonchev–Trinajstić information content (AvgIpc) is 2.51. The zero-order chi connectivity index (χ0) is 16.3. The second-order valence-electron chi connectivity index (χ2n) is 7.29. The van der Waals surface area contributed by atoms with Crippen LogP contribution in [0.3, 0.4) is 0 Å². The van der Waals surface area contributed by atoms with Gasteiger partial charge in [0.15, 0.2) is 0 Å². The molecule has 0 radical (unpaired) electrons. The van der Waals surface area contributed by atoms with E-state index in [1.165, 1.54) is 81.5 Å². The predicted molar refractivity (Wildman–Crippen MR) is 99.5 cm³/mol. The van der Waals surface area contributed by atoms with Gasteiger partial charge in [-0.25, -0.2) is 0 Å². The van der Waals surface area contributed by atoms with Gasteiger partial charge in [-0.3, -0.25) is 0 Å². The summed E-state index contributed by atoms with van der Waals surface area (Å²) in [7, 11) is 0. The molecule has 22 heavy (non-hydrogen) atoms. The molecule has 2 atom stereocenters. The molecule has 0 spiro atoms. The fourth-order valence-electron chi connectivity index (χ4n) is 4.33. The van der Waals surface area contributed by atoms with Crippen molar-refractivity contribution in [2.45, 2.75) is 115 Å². The molecule has 0 aromatic carbocycles. The molecule has 1 nitrogen and oxygen atoms in total. The Balaban J connectivity index is 2.79. The van der Waals surface area contributed by atoms with E-state index in [1.54, 1.807) is 0 Å². The van der Waals surface area contributed by atoms with Gasteiger partial charge in [-0.2, -0.15) is 0 Å². The van der Waals surface area contributed by atoms with Crippen LogP contribution >= 0.6 is 0 Å². The minimum atomic E-state index is -0.195. The number of hydrogen-bond acceptors (Lipinski definition) is 1. The Kier molecular flexibility index (Phi) is 11.5. The fourth-order valence-corrected chi connectivity index (χ4v) is 7.66. The molecular weight excluding hydrogens is 384 g/mol. The quantitative estimate of drug-likeness (QED) is 0.248. The van der Waals surface area contributed by atoms with Gasteiger partial charge in [-0.1, -0.05) is 0 Å². The summed E-state index contributed by atoms with van der Waals surface area (Å²) in [5.74, 6) is 1.84. The van der Waals surface area contributed by atoms with Crippen LogP contribution in [0, 0.1) is 11.8 Å². The third-order valence-corrected chi connectivity index (χ3v) is 8.29. The summed E-state index contributed by atoms with van der Waals surface area (Å²) < 4.78 is 8.10. The summed E-state index contributed by atoms with van der Waals surface area (Å²) in [6.45, 7) is 9.36. The van der Waals surface area contributed by atoms with Crippen LogP contribution in [0.25, 0.3) is 0 Å². The molecule has 1 aliphatic rings. The molecule has 1 heterocycles. The summed E-state index contributed by atoms with van der Waals surface area (Å²) >= 11 is -0.195. The second-order valence-corrected chi connectivity index (χ2v) is 9.39. The van der Waals surface area contributed by atoms with Crippen LogP contribution < -0.4 is 0 Å². The Morgan fingerprint density at radius 1 is 0.818 bits per heavy atom. The fraction of sp³-hybridized carbons (Fsp3) is 1.00. The van der Waals surface area contributed by atoms with Gasteiger partial charge in [0.2, 0.25) is 0 Å². The molecule has 2 unspecified atom stereocenters. The number of rotatable bonds is 12. The maximum absolute atomic E-state index is 6.66. The van der Waals surface area contributed by atoms with E-state index in [1.807, 2.05) is 0 Å². The Labute approximate surface area is 151 Å². The molecule has 0 aliphatic carbocycles. The van der Waals surface area contributed by atoms with Gasteiger partial charge in [-0.15, -0.1) is 0 Å². The summed E-state index contributed by atoms with van der Waals surface area (Å²) in [6.07, 6.45) is 16.5. The van der Waals surface area contributed by atoms with Crippen molar-refractivity contribution in [3.63, 3.8) is 0 Å². The van der Waals surface area contributed by atoms with Crippen molar-refractivity contribution in [1.29, 1.82) is 0 Å². The van der Waals surface area contributed by atoms with Crippen molar-refractivity contribution in [1.82, 2.24) is 0 Å². The SMILES string of the molecule is CCCCCC1C[Te]OC(CCC)(CCC)C1CCCCC. The zero-order valence-electron chi connectivity index (χ0n) is 15.7. The van der Waals surface area contributed by atoms with Gasteiger partial charge < -0.3 is 0 Å². The van der Waals surface area contributed by atoms with Crippen LogP contribution in [-0.4, -0.2) is 26.9 Å². The minimum absolute atomic E-state index is 0.195. The Morgan fingerprint density at radius 3 is 1.95 bits per heavy atom. The average molecular weight is 424 g/mol. The van der Waals surface area contributed by atoms with Gasteiger partial charge in [0.1, 0.15) is 0 Å².